The molecule has 112 valence electrons. The first-order valence-electron chi connectivity index (χ1n) is 7.36. The van der Waals surface area contributed by atoms with E-state index in [1.54, 1.807) is 0 Å². The van der Waals surface area contributed by atoms with Crippen molar-refractivity contribution in [1.82, 2.24) is 19.8 Å². The van der Waals surface area contributed by atoms with E-state index >= 15 is 0 Å². The monoisotopic (exact) mass is 277 g/mol. The number of aryl methyl sites for hydroxylation is 2. The second-order valence-corrected chi connectivity index (χ2v) is 6.40. The fourth-order valence-electron chi connectivity index (χ4n) is 2.53. The van der Waals surface area contributed by atoms with Crippen LogP contribution >= 0.6 is 0 Å². The Labute approximate surface area is 122 Å². The van der Waals surface area contributed by atoms with Gasteiger partial charge in [-0.15, -0.1) is 0 Å². The maximum atomic E-state index is 4.53. The molecular weight excluding hydrogens is 250 g/mol. The molecule has 1 N–H and O–H groups in total. The number of hydrogen-bond donors (Lipinski definition) is 1. The molecule has 5 heteroatoms. The van der Waals surface area contributed by atoms with Crippen LogP contribution in [0.15, 0.2) is 6.20 Å². The summed E-state index contributed by atoms with van der Waals surface area (Å²) in [5.41, 5.74) is 2.04. The van der Waals surface area contributed by atoms with Crippen LogP contribution in [0.5, 0.6) is 0 Å². The first-order valence-corrected chi connectivity index (χ1v) is 7.36. The molecule has 1 aliphatic rings. The summed E-state index contributed by atoms with van der Waals surface area (Å²) >= 11 is 0. The molecule has 0 bridgehead atoms. The molecule has 0 aliphatic carbocycles. The van der Waals surface area contributed by atoms with Gasteiger partial charge in [-0.2, -0.15) is 0 Å². The Morgan fingerprint density at radius 2 is 1.85 bits per heavy atom. The standard InChI is InChI=1S/C15H27N5/c1-12-10-16-13(2)14(18-12)17-11-15(3,4)20-8-6-19(5)7-9-20/h10H,6-9,11H2,1-5H3,(H,17,18). The summed E-state index contributed by atoms with van der Waals surface area (Å²) in [6.45, 7) is 14.0. The molecule has 1 saturated heterocycles. The summed E-state index contributed by atoms with van der Waals surface area (Å²) in [7, 11) is 2.19. The third-order valence-electron chi connectivity index (χ3n) is 4.12. The van der Waals surface area contributed by atoms with Crippen LogP contribution in [0.4, 0.5) is 5.82 Å². The van der Waals surface area contributed by atoms with Crippen LogP contribution in [-0.2, 0) is 0 Å². The first kappa shape index (κ1) is 15.2. The topological polar surface area (TPSA) is 44.3 Å². The molecule has 1 aliphatic heterocycles. The number of nitrogens with zero attached hydrogens (tertiary/aromatic N) is 4. The Morgan fingerprint density at radius 1 is 1.20 bits per heavy atom. The molecule has 0 amide bonds. The highest BCUT2D eigenvalue weighted by Crippen LogP contribution is 2.18. The SMILES string of the molecule is Cc1cnc(C)c(NCC(C)(C)N2CCN(C)CC2)n1. The lowest BCUT2D eigenvalue weighted by Crippen LogP contribution is -2.56. The Balaban J connectivity index is 1.96. The van der Waals surface area contributed by atoms with Crippen LogP contribution in [0.25, 0.3) is 0 Å². The van der Waals surface area contributed by atoms with Crippen molar-refractivity contribution < 1.29 is 0 Å². The highest BCUT2D eigenvalue weighted by Gasteiger charge is 2.29. The zero-order chi connectivity index (χ0) is 14.8. The number of rotatable bonds is 4. The average molecular weight is 277 g/mol. The van der Waals surface area contributed by atoms with E-state index in [9.17, 15) is 0 Å². The molecule has 2 heterocycles. The zero-order valence-electron chi connectivity index (χ0n) is 13.4. The zero-order valence-corrected chi connectivity index (χ0v) is 13.4. The number of anilines is 1. The van der Waals surface area contributed by atoms with Gasteiger partial charge in [-0.3, -0.25) is 9.88 Å². The third-order valence-corrected chi connectivity index (χ3v) is 4.12. The van der Waals surface area contributed by atoms with Gasteiger partial charge < -0.3 is 10.2 Å². The smallest absolute Gasteiger partial charge is 0.147 e. The molecule has 20 heavy (non-hydrogen) atoms. The average Bonchev–Trinajstić information content (AvgIpc) is 2.40. The van der Waals surface area contributed by atoms with Crippen LogP contribution < -0.4 is 5.32 Å². The third kappa shape index (κ3) is 3.67. The summed E-state index contributed by atoms with van der Waals surface area (Å²) in [4.78, 5) is 13.8. The van der Waals surface area contributed by atoms with Crippen LogP contribution in [0.3, 0.4) is 0 Å². The van der Waals surface area contributed by atoms with Gasteiger partial charge in [0.1, 0.15) is 5.82 Å². The maximum Gasteiger partial charge on any atom is 0.147 e. The van der Waals surface area contributed by atoms with E-state index in [4.69, 9.17) is 0 Å². The Kier molecular flexibility index (Phi) is 4.60. The van der Waals surface area contributed by atoms with Gasteiger partial charge in [0.05, 0.1) is 11.4 Å². The predicted molar refractivity (Wildman–Crippen MR) is 83.1 cm³/mol. The second kappa shape index (κ2) is 6.06. The molecule has 1 fully saturated rings. The number of likely N-dealkylation sites (N-methyl/N-ethyl adjacent to an activating group) is 1. The summed E-state index contributed by atoms with van der Waals surface area (Å²) in [5, 5.41) is 3.47. The van der Waals surface area contributed by atoms with Crippen molar-refractivity contribution in [3.63, 3.8) is 0 Å². The van der Waals surface area contributed by atoms with E-state index in [0.29, 0.717) is 0 Å². The van der Waals surface area contributed by atoms with Gasteiger partial charge in [-0.1, -0.05) is 0 Å². The molecule has 0 aromatic carbocycles. The molecule has 1 aromatic heterocycles. The number of aromatic nitrogens is 2. The summed E-state index contributed by atoms with van der Waals surface area (Å²) in [6.07, 6.45) is 1.81. The fraction of sp³-hybridized carbons (Fsp3) is 0.733. The maximum absolute atomic E-state index is 4.53. The fourth-order valence-corrected chi connectivity index (χ4v) is 2.53. The molecule has 0 atom stereocenters. The minimum atomic E-state index is 0.124. The van der Waals surface area contributed by atoms with Gasteiger partial charge in [0.25, 0.3) is 0 Å². The van der Waals surface area contributed by atoms with Gasteiger partial charge in [0.2, 0.25) is 0 Å². The Morgan fingerprint density at radius 3 is 2.50 bits per heavy atom. The molecule has 0 radical (unpaired) electrons. The van der Waals surface area contributed by atoms with Crippen molar-refractivity contribution in [3.8, 4) is 0 Å². The normalized spacial score (nSPS) is 18.2. The quantitative estimate of drug-likeness (QED) is 0.904. The van der Waals surface area contributed by atoms with Crippen LogP contribution in [0.1, 0.15) is 25.2 Å². The molecule has 0 unspecified atom stereocenters. The van der Waals surface area contributed by atoms with E-state index < -0.39 is 0 Å². The molecular formula is C15H27N5. The van der Waals surface area contributed by atoms with Crippen LogP contribution in [0, 0.1) is 13.8 Å². The lowest BCUT2D eigenvalue weighted by atomic mass is 10.0. The molecule has 0 spiro atoms. The van der Waals surface area contributed by atoms with Crippen molar-refractivity contribution in [2.45, 2.75) is 33.2 Å². The van der Waals surface area contributed by atoms with Gasteiger partial charge in [0.15, 0.2) is 0 Å². The van der Waals surface area contributed by atoms with E-state index in [2.05, 4.69) is 46.0 Å². The number of piperazine rings is 1. The highest BCUT2D eigenvalue weighted by molar-refractivity contribution is 5.40. The Hall–Kier alpha value is -1.20. The predicted octanol–water partition coefficient (Wildman–Crippen LogP) is 1.53. The molecule has 0 saturated carbocycles. The van der Waals surface area contributed by atoms with E-state index in [-0.39, 0.29) is 5.54 Å². The van der Waals surface area contributed by atoms with E-state index in [1.807, 2.05) is 20.0 Å². The van der Waals surface area contributed by atoms with E-state index in [0.717, 1.165) is 49.9 Å². The summed E-state index contributed by atoms with van der Waals surface area (Å²) < 4.78 is 0. The minimum Gasteiger partial charge on any atom is -0.367 e. The van der Waals surface area contributed by atoms with Crippen LogP contribution in [-0.4, -0.2) is 65.1 Å². The summed E-state index contributed by atoms with van der Waals surface area (Å²) in [5.74, 6) is 0.909. The number of nitrogens with one attached hydrogen (secondary N) is 1. The lowest BCUT2D eigenvalue weighted by molar-refractivity contribution is 0.0698. The van der Waals surface area contributed by atoms with Crippen molar-refractivity contribution in [2.24, 2.45) is 0 Å². The molecule has 5 nitrogen and oxygen atoms in total. The van der Waals surface area contributed by atoms with E-state index in [1.165, 1.54) is 0 Å². The van der Waals surface area contributed by atoms with Gasteiger partial charge >= 0.3 is 0 Å². The Bertz CT molecular complexity index is 450. The second-order valence-electron chi connectivity index (χ2n) is 6.40. The first-order chi connectivity index (χ1) is 9.38. The molecule has 2 rings (SSSR count). The van der Waals surface area contributed by atoms with Crippen molar-refractivity contribution in [2.75, 3.05) is 45.1 Å². The summed E-state index contributed by atoms with van der Waals surface area (Å²) in [6, 6.07) is 0. The minimum absolute atomic E-state index is 0.124. The van der Waals surface area contributed by atoms with Crippen molar-refractivity contribution >= 4 is 5.82 Å². The highest BCUT2D eigenvalue weighted by atomic mass is 15.3. The molecule has 1 aromatic rings. The van der Waals surface area contributed by atoms with Gasteiger partial charge in [0, 0.05) is 44.5 Å². The number of hydrogen-bond acceptors (Lipinski definition) is 5. The van der Waals surface area contributed by atoms with Crippen LogP contribution in [0.2, 0.25) is 0 Å². The van der Waals surface area contributed by atoms with Gasteiger partial charge in [-0.25, -0.2) is 4.98 Å². The van der Waals surface area contributed by atoms with Gasteiger partial charge in [-0.05, 0) is 34.7 Å². The lowest BCUT2D eigenvalue weighted by Gasteiger charge is -2.43. The largest absolute Gasteiger partial charge is 0.367 e. The van der Waals surface area contributed by atoms with Crippen molar-refractivity contribution in [1.29, 1.82) is 0 Å². The van der Waals surface area contributed by atoms with Crippen molar-refractivity contribution in [3.05, 3.63) is 17.6 Å².